The smallest absolute Gasteiger partial charge is 0.207 e. The molecular formula is C11H16ClNO2S. The lowest BCUT2D eigenvalue weighted by Gasteiger charge is -2.19. The fraction of sp³-hybridized carbons (Fsp3) is 0.455. The number of nitrogens with zero attached hydrogens (tertiary/aromatic N) is 1. The molecule has 0 radical (unpaired) electrons. The van der Waals surface area contributed by atoms with Gasteiger partial charge in [-0.15, -0.1) is 0 Å². The minimum atomic E-state index is -3.36. The van der Waals surface area contributed by atoms with Crippen LogP contribution in [0.4, 0.5) is 0 Å². The van der Waals surface area contributed by atoms with E-state index in [9.17, 15) is 8.42 Å². The van der Waals surface area contributed by atoms with Crippen molar-refractivity contribution in [1.29, 1.82) is 0 Å². The Hall–Kier alpha value is -0.580. The minimum absolute atomic E-state index is 0.298. The van der Waals surface area contributed by atoms with E-state index in [1.807, 2.05) is 13.8 Å². The normalized spacial score (nSPS) is 12.0. The molecule has 0 aliphatic carbocycles. The van der Waals surface area contributed by atoms with E-state index in [2.05, 4.69) is 0 Å². The third-order valence-electron chi connectivity index (χ3n) is 2.28. The molecule has 0 heterocycles. The summed E-state index contributed by atoms with van der Waals surface area (Å²) < 4.78 is 25.8. The quantitative estimate of drug-likeness (QED) is 0.817. The Labute approximate surface area is 102 Å². The summed E-state index contributed by atoms with van der Waals surface area (Å²) in [4.78, 5) is 0.298. The number of hydrogen-bond acceptors (Lipinski definition) is 2. The lowest BCUT2D eigenvalue weighted by molar-refractivity contribution is 0.427. The van der Waals surface area contributed by atoms with E-state index in [-0.39, 0.29) is 0 Å². The van der Waals surface area contributed by atoms with Gasteiger partial charge >= 0.3 is 0 Å². The lowest BCUT2D eigenvalue weighted by Crippen LogP contribution is -2.31. The van der Waals surface area contributed by atoms with Crippen LogP contribution in [-0.2, 0) is 10.0 Å². The molecule has 0 saturated carbocycles. The third kappa shape index (κ3) is 2.97. The number of rotatable bonds is 5. The van der Waals surface area contributed by atoms with Crippen LogP contribution in [-0.4, -0.2) is 25.8 Å². The van der Waals surface area contributed by atoms with Gasteiger partial charge in [0.2, 0.25) is 10.0 Å². The first-order valence-electron chi connectivity index (χ1n) is 5.28. The molecule has 1 rings (SSSR count). The summed E-state index contributed by atoms with van der Waals surface area (Å²) in [5, 5.41) is 0.539. The van der Waals surface area contributed by atoms with Gasteiger partial charge in [0.05, 0.1) is 4.90 Å². The molecular weight excluding hydrogens is 246 g/mol. The molecule has 0 spiro atoms. The monoisotopic (exact) mass is 261 g/mol. The summed E-state index contributed by atoms with van der Waals surface area (Å²) in [5.41, 5.74) is 0. The molecule has 90 valence electrons. The van der Waals surface area contributed by atoms with Crippen molar-refractivity contribution in [3.8, 4) is 0 Å². The first-order chi connectivity index (χ1) is 7.52. The van der Waals surface area contributed by atoms with E-state index in [4.69, 9.17) is 11.6 Å². The summed E-state index contributed by atoms with van der Waals surface area (Å²) in [6.45, 7) is 4.82. The van der Waals surface area contributed by atoms with Crippen LogP contribution in [0.1, 0.15) is 20.3 Å². The molecule has 0 bridgehead atoms. The first-order valence-corrected chi connectivity index (χ1v) is 7.10. The SMILES string of the molecule is CCCN(CC)S(=O)(=O)c1ccc(Cl)cc1. The van der Waals surface area contributed by atoms with Crippen LogP contribution in [0.2, 0.25) is 5.02 Å². The second-order valence-electron chi connectivity index (χ2n) is 3.45. The summed E-state index contributed by atoms with van der Waals surface area (Å²) in [7, 11) is -3.36. The van der Waals surface area contributed by atoms with Gasteiger partial charge in [-0.2, -0.15) is 4.31 Å². The van der Waals surface area contributed by atoms with Crippen LogP contribution in [0.25, 0.3) is 0 Å². The highest BCUT2D eigenvalue weighted by Crippen LogP contribution is 2.18. The topological polar surface area (TPSA) is 37.4 Å². The van der Waals surface area contributed by atoms with Gasteiger partial charge < -0.3 is 0 Å². The zero-order chi connectivity index (χ0) is 12.2. The van der Waals surface area contributed by atoms with Gasteiger partial charge in [-0.1, -0.05) is 25.4 Å². The lowest BCUT2D eigenvalue weighted by atomic mass is 10.4. The van der Waals surface area contributed by atoms with Gasteiger partial charge in [-0.25, -0.2) is 8.42 Å². The molecule has 5 heteroatoms. The molecule has 0 aromatic heterocycles. The first kappa shape index (κ1) is 13.5. The van der Waals surface area contributed by atoms with E-state index in [1.54, 1.807) is 12.1 Å². The molecule has 1 aromatic carbocycles. The van der Waals surface area contributed by atoms with Crippen LogP contribution in [0.5, 0.6) is 0 Å². The van der Waals surface area contributed by atoms with Gasteiger partial charge in [0.25, 0.3) is 0 Å². The standard InChI is InChI=1S/C11H16ClNO2S/c1-3-9-13(4-2)16(14,15)11-7-5-10(12)6-8-11/h5-8H,3-4,9H2,1-2H3. The highest BCUT2D eigenvalue weighted by atomic mass is 35.5. The van der Waals surface area contributed by atoms with Gasteiger partial charge in [0, 0.05) is 18.1 Å². The second kappa shape index (κ2) is 5.66. The van der Waals surface area contributed by atoms with Gasteiger partial charge in [-0.3, -0.25) is 0 Å². The van der Waals surface area contributed by atoms with Crippen LogP contribution in [0.3, 0.4) is 0 Å². The van der Waals surface area contributed by atoms with Crippen molar-refractivity contribution in [3.05, 3.63) is 29.3 Å². The summed E-state index contributed by atoms with van der Waals surface area (Å²) in [6, 6.07) is 6.26. The van der Waals surface area contributed by atoms with Gasteiger partial charge in [-0.05, 0) is 30.7 Å². The number of hydrogen-bond donors (Lipinski definition) is 0. The average molecular weight is 262 g/mol. The molecule has 16 heavy (non-hydrogen) atoms. The van der Waals surface area contributed by atoms with Crippen LogP contribution >= 0.6 is 11.6 Å². The van der Waals surface area contributed by atoms with Crippen LogP contribution in [0.15, 0.2) is 29.2 Å². The molecule has 0 aliphatic heterocycles. The van der Waals surface area contributed by atoms with Crippen molar-refractivity contribution >= 4 is 21.6 Å². The van der Waals surface area contributed by atoms with E-state index in [0.717, 1.165) is 6.42 Å². The Morgan fingerprint density at radius 1 is 1.19 bits per heavy atom. The number of halogens is 1. The Morgan fingerprint density at radius 2 is 1.75 bits per heavy atom. The van der Waals surface area contributed by atoms with E-state index < -0.39 is 10.0 Å². The van der Waals surface area contributed by atoms with Crippen LogP contribution < -0.4 is 0 Å². The predicted octanol–water partition coefficient (Wildman–Crippen LogP) is 2.76. The van der Waals surface area contributed by atoms with Gasteiger partial charge in [0.15, 0.2) is 0 Å². The molecule has 0 amide bonds. The Morgan fingerprint density at radius 3 is 2.19 bits per heavy atom. The van der Waals surface area contributed by atoms with Crippen molar-refractivity contribution in [1.82, 2.24) is 4.31 Å². The molecule has 1 aromatic rings. The van der Waals surface area contributed by atoms with Crippen molar-refractivity contribution in [2.24, 2.45) is 0 Å². The van der Waals surface area contributed by atoms with Crippen LogP contribution in [0, 0.1) is 0 Å². The fourth-order valence-corrected chi connectivity index (χ4v) is 3.12. The minimum Gasteiger partial charge on any atom is -0.207 e. The van der Waals surface area contributed by atoms with E-state index >= 15 is 0 Å². The molecule has 0 saturated heterocycles. The maximum absolute atomic E-state index is 12.1. The summed E-state index contributed by atoms with van der Waals surface area (Å²) in [5.74, 6) is 0. The molecule has 0 N–H and O–H groups in total. The zero-order valence-electron chi connectivity index (χ0n) is 9.48. The van der Waals surface area contributed by atoms with Crippen molar-refractivity contribution in [2.45, 2.75) is 25.2 Å². The maximum atomic E-state index is 12.1. The predicted molar refractivity (Wildman–Crippen MR) is 66.2 cm³/mol. The highest BCUT2D eigenvalue weighted by Gasteiger charge is 2.21. The number of sulfonamides is 1. The Balaban J connectivity index is 3.04. The van der Waals surface area contributed by atoms with E-state index in [0.29, 0.717) is 23.0 Å². The molecule has 0 fully saturated rings. The third-order valence-corrected chi connectivity index (χ3v) is 4.52. The Bertz CT molecular complexity index is 428. The zero-order valence-corrected chi connectivity index (χ0v) is 11.1. The highest BCUT2D eigenvalue weighted by molar-refractivity contribution is 7.89. The van der Waals surface area contributed by atoms with Crippen molar-refractivity contribution in [3.63, 3.8) is 0 Å². The van der Waals surface area contributed by atoms with Crippen molar-refractivity contribution < 1.29 is 8.42 Å². The van der Waals surface area contributed by atoms with Gasteiger partial charge in [0.1, 0.15) is 0 Å². The summed E-state index contributed by atoms with van der Waals surface area (Å²) in [6.07, 6.45) is 0.806. The summed E-state index contributed by atoms with van der Waals surface area (Å²) >= 11 is 5.73. The molecule has 0 unspecified atom stereocenters. The van der Waals surface area contributed by atoms with E-state index in [1.165, 1.54) is 16.4 Å². The molecule has 0 atom stereocenters. The molecule has 3 nitrogen and oxygen atoms in total. The molecule has 0 aliphatic rings. The fourth-order valence-electron chi connectivity index (χ4n) is 1.45. The number of benzene rings is 1. The largest absolute Gasteiger partial charge is 0.243 e. The second-order valence-corrected chi connectivity index (χ2v) is 5.82. The Kier molecular flexibility index (Phi) is 4.77. The van der Waals surface area contributed by atoms with Crippen molar-refractivity contribution in [2.75, 3.05) is 13.1 Å². The average Bonchev–Trinajstić information content (AvgIpc) is 2.26. The maximum Gasteiger partial charge on any atom is 0.243 e.